The molecule has 2 aromatic heterocycles. The van der Waals surface area contributed by atoms with Crippen molar-refractivity contribution >= 4 is 34.8 Å². The van der Waals surface area contributed by atoms with Crippen LogP contribution in [0.25, 0.3) is 0 Å². The van der Waals surface area contributed by atoms with Crippen LogP contribution in [0.4, 0.5) is 18.9 Å². The third-order valence-corrected chi connectivity index (χ3v) is 7.28. The maximum absolute atomic E-state index is 13.6. The number of rotatable bonds is 4. The molecule has 0 radical (unpaired) electrons. The molecule has 0 aliphatic carbocycles. The number of aryl methyl sites for hydroxylation is 1. The van der Waals surface area contributed by atoms with Crippen LogP contribution >= 0.6 is 11.3 Å². The van der Waals surface area contributed by atoms with E-state index in [4.69, 9.17) is 9.90 Å². The molecule has 4 rings (SSSR count). The highest BCUT2D eigenvalue weighted by Gasteiger charge is 2.51. The van der Waals surface area contributed by atoms with E-state index < -0.39 is 17.7 Å². The van der Waals surface area contributed by atoms with Crippen LogP contribution in [0.5, 0.6) is 0 Å². The zero-order chi connectivity index (χ0) is 26.5. The topological polar surface area (TPSA) is 94.0 Å². The van der Waals surface area contributed by atoms with Gasteiger partial charge in [-0.3, -0.25) is 19.5 Å². The number of thiophene rings is 1. The fourth-order valence-electron chi connectivity index (χ4n) is 4.59. The van der Waals surface area contributed by atoms with Crippen molar-refractivity contribution in [1.82, 2.24) is 14.8 Å². The molecule has 12 heteroatoms. The number of carbonyl (C=O) groups is 3. The van der Waals surface area contributed by atoms with Gasteiger partial charge in [-0.05, 0) is 60.8 Å². The van der Waals surface area contributed by atoms with E-state index in [1.165, 1.54) is 0 Å². The van der Waals surface area contributed by atoms with E-state index in [0.717, 1.165) is 30.0 Å². The van der Waals surface area contributed by atoms with Gasteiger partial charge in [-0.1, -0.05) is 6.92 Å². The minimum atomic E-state index is -5.08. The fourth-order valence-corrected chi connectivity index (χ4v) is 5.25. The smallest absolute Gasteiger partial charge is 0.475 e. The van der Waals surface area contributed by atoms with Crippen molar-refractivity contribution in [1.29, 1.82) is 0 Å². The first-order valence-corrected chi connectivity index (χ1v) is 12.5. The molecular weight excluding hydrogens is 497 g/mol. The molecule has 36 heavy (non-hydrogen) atoms. The quantitative estimate of drug-likeness (QED) is 0.657. The highest BCUT2D eigenvalue weighted by Crippen LogP contribution is 2.35. The zero-order valence-electron chi connectivity index (χ0n) is 20.1. The van der Waals surface area contributed by atoms with Crippen molar-refractivity contribution in [3.63, 3.8) is 0 Å². The number of amides is 2. The number of pyridine rings is 1. The van der Waals surface area contributed by atoms with Crippen LogP contribution in [0.1, 0.15) is 31.0 Å². The number of carbonyl (C=O) groups excluding carboxylic acids is 2. The summed E-state index contributed by atoms with van der Waals surface area (Å²) < 4.78 is 31.7. The van der Waals surface area contributed by atoms with Crippen molar-refractivity contribution in [3.05, 3.63) is 46.4 Å². The standard InChI is InChI=1S/C22H28N4O2S.C2HF3O2/c1-3-25-11-12-26(19-5-4-17(2)23-15-19)21(28)22(25)7-9-24(10-8-22)20(27)14-18-6-13-29-16-18;3-2(4,5)1(6)7/h4-6,13,15-16H,3,7-12,14H2,1-2H3;(H,6,7). The number of carboxylic acid groups (broad SMARTS) is 1. The number of aliphatic carboxylic acids is 1. The molecule has 0 unspecified atom stereocenters. The first kappa shape index (κ1) is 27.6. The molecule has 0 aromatic carbocycles. The Balaban J connectivity index is 0.000000454. The third-order valence-electron chi connectivity index (χ3n) is 6.55. The first-order chi connectivity index (χ1) is 17.0. The van der Waals surface area contributed by atoms with Crippen molar-refractivity contribution < 1.29 is 32.7 Å². The number of anilines is 1. The molecule has 2 aliphatic heterocycles. The largest absolute Gasteiger partial charge is 0.490 e. The Bertz CT molecular complexity index is 1050. The van der Waals surface area contributed by atoms with Gasteiger partial charge in [-0.2, -0.15) is 24.5 Å². The molecule has 2 fully saturated rings. The number of carboxylic acids is 1. The van der Waals surface area contributed by atoms with Gasteiger partial charge in [0.15, 0.2) is 0 Å². The van der Waals surface area contributed by atoms with E-state index >= 15 is 0 Å². The Kier molecular flexibility index (Phi) is 8.72. The van der Waals surface area contributed by atoms with Crippen LogP contribution in [0.2, 0.25) is 0 Å². The summed E-state index contributed by atoms with van der Waals surface area (Å²) in [6, 6.07) is 5.94. The Hall–Kier alpha value is -2.99. The average Bonchev–Trinajstić information content (AvgIpc) is 3.35. The molecule has 0 bridgehead atoms. The second kappa shape index (κ2) is 11.4. The summed E-state index contributed by atoms with van der Waals surface area (Å²) in [5.41, 5.74) is 2.37. The van der Waals surface area contributed by atoms with E-state index in [0.29, 0.717) is 38.9 Å². The van der Waals surface area contributed by atoms with Crippen LogP contribution in [0.3, 0.4) is 0 Å². The van der Waals surface area contributed by atoms with Crippen LogP contribution < -0.4 is 4.90 Å². The number of piperazine rings is 1. The Morgan fingerprint density at radius 1 is 1.14 bits per heavy atom. The van der Waals surface area contributed by atoms with Crippen LogP contribution in [-0.2, 0) is 20.8 Å². The van der Waals surface area contributed by atoms with Gasteiger partial charge in [0.1, 0.15) is 5.54 Å². The molecule has 2 aromatic rings. The van der Waals surface area contributed by atoms with Crippen molar-refractivity contribution in [2.75, 3.05) is 37.6 Å². The Morgan fingerprint density at radius 2 is 1.81 bits per heavy atom. The highest BCUT2D eigenvalue weighted by molar-refractivity contribution is 7.08. The van der Waals surface area contributed by atoms with Crippen LogP contribution in [0.15, 0.2) is 35.2 Å². The Morgan fingerprint density at radius 3 is 2.31 bits per heavy atom. The van der Waals surface area contributed by atoms with Crippen molar-refractivity contribution in [2.45, 2.75) is 44.8 Å². The molecule has 2 aliphatic rings. The van der Waals surface area contributed by atoms with E-state index in [1.54, 1.807) is 17.5 Å². The zero-order valence-corrected chi connectivity index (χ0v) is 20.9. The molecule has 2 amide bonds. The summed E-state index contributed by atoms with van der Waals surface area (Å²) in [5.74, 6) is -2.45. The lowest BCUT2D eigenvalue weighted by molar-refractivity contribution is -0.192. The second-order valence-corrected chi connectivity index (χ2v) is 9.50. The SMILES string of the molecule is CCN1CCN(c2ccc(C)nc2)C(=O)C12CCN(C(=O)Cc1ccsc1)CC2.O=C(O)C(F)(F)F. The second-order valence-electron chi connectivity index (χ2n) is 8.72. The minimum absolute atomic E-state index is 0.154. The van der Waals surface area contributed by atoms with Crippen LogP contribution in [0, 0.1) is 6.92 Å². The normalized spacial score (nSPS) is 18.1. The molecule has 196 valence electrons. The van der Waals surface area contributed by atoms with Gasteiger partial charge >= 0.3 is 12.1 Å². The van der Waals surface area contributed by atoms with Gasteiger partial charge in [0, 0.05) is 31.9 Å². The number of hydrogen-bond donors (Lipinski definition) is 1. The first-order valence-electron chi connectivity index (χ1n) is 11.6. The molecule has 0 saturated carbocycles. The lowest BCUT2D eigenvalue weighted by Crippen LogP contribution is -2.69. The van der Waals surface area contributed by atoms with Gasteiger partial charge < -0.3 is 14.9 Å². The predicted molar refractivity (Wildman–Crippen MR) is 129 cm³/mol. The molecule has 1 N–H and O–H groups in total. The summed E-state index contributed by atoms with van der Waals surface area (Å²) in [7, 11) is 0. The summed E-state index contributed by atoms with van der Waals surface area (Å²) in [4.78, 5) is 45.7. The van der Waals surface area contributed by atoms with Gasteiger partial charge in [-0.15, -0.1) is 0 Å². The molecule has 8 nitrogen and oxygen atoms in total. The number of likely N-dealkylation sites (N-methyl/N-ethyl adjacent to an activating group) is 1. The molecule has 1 spiro atoms. The molecule has 0 atom stereocenters. The summed E-state index contributed by atoms with van der Waals surface area (Å²) >= 11 is 1.62. The molecule has 2 saturated heterocycles. The predicted octanol–water partition coefficient (Wildman–Crippen LogP) is 3.36. The van der Waals surface area contributed by atoms with Gasteiger partial charge in [-0.25, -0.2) is 4.79 Å². The van der Waals surface area contributed by atoms with Gasteiger partial charge in [0.05, 0.1) is 18.3 Å². The lowest BCUT2D eigenvalue weighted by Gasteiger charge is -2.52. The van der Waals surface area contributed by atoms with Crippen molar-refractivity contribution in [2.24, 2.45) is 0 Å². The monoisotopic (exact) mass is 526 g/mol. The number of piperidine rings is 1. The van der Waals surface area contributed by atoms with E-state index in [1.807, 2.05) is 45.7 Å². The molecule has 4 heterocycles. The number of halogens is 3. The third kappa shape index (κ3) is 6.22. The number of aromatic nitrogens is 1. The van der Waals surface area contributed by atoms with Gasteiger partial charge in [0.25, 0.3) is 0 Å². The Labute approximate surface area is 211 Å². The maximum Gasteiger partial charge on any atom is 0.490 e. The van der Waals surface area contributed by atoms with Gasteiger partial charge in [0.2, 0.25) is 11.8 Å². The summed E-state index contributed by atoms with van der Waals surface area (Å²) in [6.07, 6.45) is -1.47. The number of hydrogen-bond acceptors (Lipinski definition) is 6. The van der Waals surface area contributed by atoms with Crippen molar-refractivity contribution in [3.8, 4) is 0 Å². The highest BCUT2D eigenvalue weighted by atomic mass is 32.1. The lowest BCUT2D eigenvalue weighted by atomic mass is 9.82. The molecular formula is C24H29F3N4O4S. The maximum atomic E-state index is 13.6. The average molecular weight is 527 g/mol. The number of nitrogens with zero attached hydrogens (tertiary/aromatic N) is 4. The van der Waals surface area contributed by atoms with E-state index in [-0.39, 0.29) is 11.8 Å². The summed E-state index contributed by atoms with van der Waals surface area (Å²) in [5, 5.41) is 11.2. The van der Waals surface area contributed by atoms with E-state index in [9.17, 15) is 22.8 Å². The summed E-state index contributed by atoms with van der Waals surface area (Å²) in [6.45, 7) is 7.70. The number of likely N-dealkylation sites (tertiary alicyclic amines) is 1. The number of alkyl halides is 3. The fraction of sp³-hybridized carbons (Fsp3) is 0.500. The van der Waals surface area contributed by atoms with Crippen LogP contribution in [-0.4, -0.2) is 82.1 Å². The van der Waals surface area contributed by atoms with E-state index in [2.05, 4.69) is 16.8 Å². The minimum Gasteiger partial charge on any atom is -0.475 e.